The molecular weight excluding hydrogens is 658 g/mol. The van der Waals surface area contributed by atoms with E-state index in [0.29, 0.717) is 17.6 Å². The van der Waals surface area contributed by atoms with Gasteiger partial charge in [-0.05, 0) is 12.3 Å². The zero-order valence-corrected chi connectivity index (χ0v) is 25.5. The van der Waals surface area contributed by atoms with Crippen LogP contribution >= 0.6 is 27.8 Å². The van der Waals surface area contributed by atoms with Crippen LogP contribution in [0.2, 0.25) is 0 Å². The summed E-state index contributed by atoms with van der Waals surface area (Å²) < 4.78 is 51.9. The number of hydrogen-bond acceptors (Lipinski definition) is 17. The Kier molecular flexibility index (Phi) is 6.71. The summed E-state index contributed by atoms with van der Waals surface area (Å²) in [6.07, 6.45) is -0.786. The highest BCUT2D eigenvalue weighted by Gasteiger charge is 2.73. The van der Waals surface area contributed by atoms with E-state index in [2.05, 4.69) is 29.9 Å². The second-order valence-corrected chi connectivity index (χ2v) is 15.1. The second-order valence-electron chi connectivity index (χ2n) is 11.3. The van der Waals surface area contributed by atoms with Gasteiger partial charge in [0.1, 0.15) is 35.5 Å². The standard InChI is InChI=1S/C22H26N10O10P2S/c23-16-10-17(26-4-25-16)32(6-28-10)22-1-8(22)7-2-40-44(37,38)42-14-12(33)9(3-39-43(36)41-13(7)15(22)34)45-20(14)31-5-27-11-18(31)29-21(24)30-19(11)35/h4-9,12-15,20,33-34,43H,1-3H2,(H,37,38)(H2,23,25,26)(H3,24,29,30,35)/t7-,8-,9+,12+,13+,14+,15+,20+,22?/m0/s1. The number of nitrogen functional groups attached to an aromatic ring is 2. The van der Waals surface area contributed by atoms with Crippen molar-refractivity contribution in [1.82, 2.24) is 39.0 Å². The van der Waals surface area contributed by atoms with Gasteiger partial charge >= 0.3 is 16.1 Å². The van der Waals surface area contributed by atoms with Crippen molar-refractivity contribution < 1.29 is 42.3 Å². The van der Waals surface area contributed by atoms with Crippen molar-refractivity contribution in [2.24, 2.45) is 11.8 Å². The van der Waals surface area contributed by atoms with E-state index in [0.717, 1.165) is 11.8 Å². The molecular formula is C22H26N10O10P2S. The van der Waals surface area contributed by atoms with E-state index in [-0.39, 0.29) is 35.5 Å². The number of aliphatic hydroxyl groups is 2. The van der Waals surface area contributed by atoms with Gasteiger partial charge in [-0.1, -0.05) is 0 Å². The fraction of sp³-hybridized carbons (Fsp3) is 0.545. The molecule has 45 heavy (non-hydrogen) atoms. The zero-order valence-electron chi connectivity index (χ0n) is 22.8. The maximum absolute atomic E-state index is 13.4. The van der Waals surface area contributed by atoms with Crippen LogP contribution in [0.5, 0.6) is 0 Å². The third-order valence-electron chi connectivity index (χ3n) is 8.92. The number of thioether (sulfide) groups is 1. The molecule has 11 atom stereocenters. The summed E-state index contributed by atoms with van der Waals surface area (Å²) in [6.45, 7) is -0.754. The van der Waals surface area contributed by atoms with Gasteiger partial charge in [-0.15, -0.1) is 11.8 Å². The van der Waals surface area contributed by atoms with Crippen molar-refractivity contribution in [2.45, 2.75) is 47.0 Å². The van der Waals surface area contributed by atoms with E-state index in [9.17, 15) is 29.0 Å². The molecule has 8 rings (SSSR count). The van der Waals surface area contributed by atoms with Crippen molar-refractivity contribution in [3.63, 3.8) is 0 Å². The molecule has 23 heteroatoms. The first-order valence-electron chi connectivity index (χ1n) is 13.7. The Hall–Kier alpha value is -2.97. The average Bonchev–Trinajstić information content (AvgIpc) is 3.25. The van der Waals surface area contributed by atoms with Crippen LogP contribution in [-0.2, 0) is 32.8 Å². The molecule has 8 N–H and O–H groups in total. The molecule has 0 radical (unpaired) electrons. The number of phosphoric acid groups is 1. The largest absolute Gasteiger partial charge is 0.472 e. The topological polar surface area (TPSA) is 291 Å². The van der Waals surface area contributed by atoms with Crippen LogP contribution in [0.3, 0.4) is 0 Å². The molecule has 2 bridgehead atoms. The second kappa shape index (κ2) is 10.3. The van der Waals surface area contributed by atoms with Crippen LogP contribution < -0.4 is 17.0 Å². The minimum atomic E-state index is -4.90. The Morgan fingerprint density at radius 2 is 1.91 bits per heavy atom. The van der Waals surface area contributed by atoms with Crippen LogP contribution in [-0.4, -0.2) is 97.0 Å². The molecule has 20 nitrogen and oxygen atoms in total. The van der Waals surface area contributed by atoms with Crippen molar-refractivity contribution in [1.29, 1.82) is 0 Å². The number of phosphoric ester groups is 1. The molecule has 2 saturated heterocycles. The third kappa shape index (κ3) is 4.49. The molecule has 0 spiro atoms. The molecule has 2 aliphatic heterocycles. The van der Waals surface area contributed by atoms with E-state index >= 15 is 0 Å². The fourth-order valence-corrected chi connectivity index (χ4v) is 10.4. The minimum absolute atomic E-state index is 0.0485. The number of nitrogens with zero attached hydrogens (tertiary/aromatic N) is 7. The van der Waals surface area contributed by atoms with Crippen molar-refractivity contribution >= 4 is 61.9 Å². The lowest BCUT2D eigenvalue weighted by Gasteiger charge is -2.28. The predicted molar refractivity (Wildman–Crippen MR) is 155 cm³/mol. The maximum Gasteiger partial charge on any atom is 0.472 e. The molecule has 3 unspecified atom stereocenters. The number of anilines is 2. The Balaban J connectivity index is 1.12. The van der Waals surface area contributed by atoms with E-state index in [1.807, 2.05) is 0 Å². The van der Waals surface area contributed by atoms with Gasteiger partial charge in [-0.2, -0.15) is 4.98 Å². The summed E-state index contributed by atoms with van der Waals surface area (Å²) in [5.41, 5.74) is 10.8. The van der Waals surface area contributed by atoms with Gasteiger partial charge in [0.2, 0.25) is 5.95 Å². The molecule has 4 aliphatic rings. The van der Waals surface area contributed by atoms with Gasteiger partial charge < -0.3 is 40.2 Å². The number of aliphatic hydroxyl groups excluding tert-OH is 2. The van der Waals surface area contributed by atoms with Crippen LogP contribution in [0, 0.1) is 11.8 Å². The SMILES string of the molecule is Nc1nc2c(ncn2[C@@H]2S[C@@H]3CO[PH](=O)O[C@@H]4[C@@H](COP(=O)(O)O[C@@H]2[C@@H]3O)[C@@H]2CC2(n2cnc3c(N)ncnc32)[C@@H]4O)c(=O)[nH]1. The smallest absolute Gasteiger partial charge is 0.389 e. The maximum atomic E-state index is 13.4. The van der Waals surface area contributed by atoms with Gasteiger partial charge in [-0.25, -0.2) is 24.5 Å². The first-order valence-corrected chi connectivity index (χ1v) is 17.3. The average molecular weight is 685 g/mol. The predicted octanol–water partition coefficient (Wildman–Crippen LogP) is -0.888. The van der Waals surface area contributed by atoms with Crippen LogP contribution in [0.1, 0.15) is 11.8 Å². The van der Waals surface area contributed by atoms with E-state index in [1.54, 1.807) is 4.57 Å². The Bertz CT molecular complexity index is 1980. The molecule has 2 saturated carbocycles. The molecule has 0 aromatic carbocycles. The number of nitrogens with two attached hydrogens (primary N) is 2. The number of imidazole rings is 2. The minimum Gasteiger partial charge on any atom is -0.389 e. The molecule has 4 aromatic heterocycles. The van der Waals surface area contributed by atoms with Crippen molar-refractivity contribution in [3.05, 3.63) is 29.3 Å². The van der Waals surface area contributed by atoms with Gasteiger partial charge in [0.15, 0.2) is 22.6 Å². The summed E-state index contributed by atoms with van der Waals surface area (Å²) in [5, 5.41) is 20.9. The first-order chi connectivity index (χ1) is 21.5. The van der Waals surface area contributed by atoms with E-state index < -0.39 is 74.7 Å². The number of H-pyrrole nitrogens is 1. The van der Waals surface area contributed by atoms with E-state index in [1.165, 1.54) is 23.5 Å². The quantitative estimate of drug-likeness (QED) is 0.140. The molecule has 0 amide bonds. The summed E-state index contributed by atoms with van der Waals surface area (Å²) in [6, 6.07) is 0. The lowest BCUT2D eigenvalue weighted by molar-refractivity contribution is -0.0185. The zero-order chi connectivity index (χ0) is 31.4. The summed E-state index contributed by atoms with van der Waals surface area (Å²) in [7, 11) is -8.18. The lowest BCUT2D eigenvalue weighted by Crippen LogP contribution is -2.40. The third-order valence-corrected chi connectivity index (χ3v) is 12.3. The highest BCUT2D eigenvalue weighted by Crippen LogP contribution is 2.67. The molecule has 6 heterocycles. The molecule has 4 fully saturated rings. The van der Waals surface area contributed by atoms with Crippen LogP contribution in [0.4, 0.5) is 11.8 Å². The molecule has 2 aliphatic carbocycles. The van der Waals surface area contributed by atoms with Crippen molar-refractivity contribution in [2.75, 3.05) is 24.7 Å². The highest BCUT2D eigenvalue weighted by molar-refractivity contribution is 8.00. The summed E-state index contributed by atoms with van der Waals surface area (Å²) in [4.78, 5) is 46.3. The first kappa shape index (κ1) is 29.4. The Morgan fingerprint density at radius 1 is 1.11 bits per heavy atom. The van der Waals surface area contributed by atoms with Gasteiger partial charge in [0.05, 0.1) is 42.8 Å². The number of hydrogen-bond donors (Lipinski definition) is 6. The monoisotopic (exact) mass is 684 g/mol. The molecule has 4 aromatic rings. The summed E-state index contributed by atoms with van der Waals surface area (Å²) in [5.74, 6) is -1.14. The number of nitrogens with one attached hydrogen (secondary N) is 1. The molecule has 240 valence electrons. The van der Waals surface area contributed by atoms with Crippen LogP contribution in [0.25, 0.3) is 22.3 Å². The number of aromatic amines is 1. The fourth-order valence-electron chi connectivity index (χ4n) is 6.83. The Morgan fingerprint density at radius 3 is 2.73 bits per heavy atom. The summed E-state index contributed by atoms with van der Waals surface area (Å²) >= 11 is 1.05. The normalized spacial score (nSPS) is 40.0. The van der Waals surface area contributed by atoms with Crippen molar-refractivity contribution in [3.8, 4) is 0 Å². The van der Waals surface area contributed by atoms with Gasteiger partial charge in [0, 0.05) is 5.92 Å². The number of fused-ring (bicyclic) bond motifs is 7. The lowest BCUT2D eigenvalue weighted by atomic mass is 10.0. The number of rotatable bonds is 2. The van der Waals surface area contributed by atoms with E-state index in [4.69, 9.17) is 29.6 Å². The highest BCUT2D eigenvalue weighted by atomic mass is 32.2. The van der Waals surface area contributed by atoms with Gasteiger partial charge in [0.25, 0.3) is 5.56 Å². The van der Waals surface area contributed by atoms with Crippen LogP contribution in [0.15, 0.2) is 23.8 Å². The van der Waals surface area contributed by atoms with Gasteiger partial charge in [-0.3, -0.25) is 28.0 Å². The number of aromatic nitrogens is 8. The Labute approximate surface area is 256 Å².